The maximum absolute atomic E-state index is 12.0. The fourth-order valence-corrected chi connectivity index (χ4v) is 4.15. The molecule has 0 unspecified atom stereocenters. The number of amides is 1. The van der Waals surface area contributed by atoms with Crippen LogP contribution in [0.2, 0.25) is 5.02 Å². The Morgan fingerprint density at radius 1 is 1.25 bits per heavy atom. The number of benzene rings is 1. The van der Waals surface area contributed by atoms with E-state index < -0.39 is 0 Å². The van der Waals surface area contributed by atoms with E-state index in [2.05, 4.69) is 14.6 Å². The minimum absolute atomic E-state index is 0.150. The lowest BCUT2D eigenvalue weighted by Crippen LogP contribution is -2.38. The SMILES string of the molecule is O=C(NCC1CCN(c2nc(Cc3ccc(Cl)cc3)ns2)CC1)c1ccco1. The van der Waals surface area contributed by atoms with Crippen molar-refractivity contribution in [3.05, 3.63) is 64.8 Å². The molecule has 3 heterocycles. The summed E-state index contributed by atoms with van der Waals surface area (Å²) in [4.78, 5) is 19.0. The topological polar surface area (TPSA) is 71.3 Å². The molecule has 1 N–H and O–H groups in total. The Morgan fingerprint density at radius 2 is 2.04 bits per heavy atom. The summed E-state index contributed by atoms with van der Waals surface area (Å²) in [7, 11) is 0. The third-order valence-corrected chi connectivity index (χ3v) is 5.98. The number of hydrogen-bond acceptors (Lipinski definition) is 6. The van der Waals surface area contributed by atoms with Gasteiger partial charge in [0.15, 0.2) is 5.76 Å². The quantitative estimate of drug-likeness (QED) is 0.657. The number of rotatable bonds is 6. The Balaban J connectivity index is 1.25. The van der Waals surface area contributed by atoms with Gasteiger partial charge in [0.05, 0.1) is 6.26 Å². The number of nitrogens with one attached hydrogen (secondary N) is 1. The van der Waals surface area contributed by atoms with Gasteiger partial charge in [-0.1, -0.05) is 23.7 Å². The highest BCUT2D eigenvalue weighted by molar-refractivity contribution is 7.09. The minimum Gasteiger partial charge on any atom is -0.459 e. The summed E-state index contributed by atoms with van der Waals surface area (Å²) in [6, 6.07) is 11.2. The highest BCUT2D eigenvalue weighted by Crippen LogP contribution is 2.25. The molecular weight excluding hydrogens is 396 g/mol. The summed E-state index contributed by atoms with van der Waals surface area (Å²) in [5, 5.41) is 4.67. The number of furan rings is 1. The third kappa shape index (κ3) is 4.72. The molecule has 1 aromatic carbocycles. The molecule has 0 spiro atoms. The number of anilines is 1. The monoisotopic (exact) mass is 416 g/mol. The van der Waals surface area contributed by atoms with Gasteiger partial charge in [-0.3, -0.25) is 4.79 Å². The molecule has 1 aliphatic heterocycles. The molecule has 0 bridgehead atoms. The molecule has 0 saturated carbocycles. The predicted molar refractivity (Wildman–Crippen MR) is 110 cm³/mol. The van der Waals surface area contributed by atoms with Crippen LogP contribution in [0, 0.1) is 5.92 Å². The van der Waals surface area contributed by atoms with E-state index in [0.29, 0.717) is 24.6 Å². The van der Waals surface area contributed by atoms with Gasteiger partial charge >= 0.3 is 0 Å². The maximum atomic E-state index is 12.0. The Morgan fingerprint density at radius 3 is 2.75 bits per heavy atom. The van der Waals surface area contributed by atoms with Crippen LogP contribution in [0.4, 0.5) is 5.13 Å². The molecule has 8 heteroatoms. The van der Waals surface area contributed by atoms with Gasteiger partial charge in [0.1, 0.15) is 5.82 Å². The van der Waals surface area contributed by atoms with Crippen molar-refractivity contribution in [2.45, 2.75) is 19.3 Å². The van der Waals surface area contributed by atoms with Crippen molar-refractivity contribution in [3.63, 3.8) is 0 Å². The second-order valence-electron chi connectivity index (χ2n) is 6.91. The Hall–Kier alpha value is -2.38. The molecule has 0 atom stereocenters. The molecule has 1 amide bonds. The summed E-state index contributed by atoms with van der Waals surface area (Å²) < 4.78 is 9.62. The van der Waals surface area contributed by atoms with Crippen LogP contribution < -0.4 is 10.2 Å². The van der Waals surface area contributed by atoms with E-state index in [1.165, 1.54) is 17.8 Å². The van der Waals surface area contributed by atoms with Crippen LogP contribution in [0.1, 0.15) is 34.8 Å². The van der Waals surface area contributed by atoms with Gasteiger partial charge in [-0.2, -0.15) is 4.37 Å². The highest BCUT2D eigenvalue weighted by atomic mass is 35.5. The summed E-state index contributed by atoms with van der Waals surface area (Å²) in [6.45, 7) is 2.53. The van der Waals surface area contributed by atoms with E-state index in [1.807, 2.05) is 24.3 Å². The van der Waals surface area contributed by atoms with Gasteiger partial charge in [-0.15, -0.1) is 0 Å². The van der Waals surface area contributed by atoms with Crippen LogP contribution in [0.3, 0.4) is 0 Å². The van der Waals surface area contributed by atoms with Crippen molar-refractivity contribution in [3.8, 4) is 0 Å². The fourth-order valence-electron chi connectivity index (χ4n) is 3.29. The number of halogens is 1. The number of piperidine rings is 1. The number of carbonyl (C=O) groups excluding carboxylic acids is 1. The van der Waals surface area contributed by atoms with Gasteiger partial charge in [0.2, 0.25) is 5.13 Å². The lowest BCUT2D eigenvalue weighted by molar-refractivity contribution is 0.0917. The van der Waals surface area contributed by atoms with Crippen LogP contribution in [0.5, 0.6) is 0 Å². The lowest BCUT2D eigenvalue weighted by atomic mass is 9.97. The summed E-state index contributed by atoms with van der Waals surface area (Å²) in [6.07, 6.45) is 4.26. The average molecular weight is 417 g/mol. The van der Waals surface area contributed by atoms with Gasteiger partial charge < -0.3 is 14.6 Å². The molecule has 146 valence electrons. The van der Waals surface area contributed by atoms with E-state index in [9.17, 15) is 4.79 Å². The van der Waals surface area contributed by atoms with Crippen molar-refractivity contribution in [2.75, 3.05) is 24.5 Å². The Bertz CT molecular complexity index is 903. The number of hydrogen-bond donors (Lipinski definition) is 1. The molecule has 4 rings (SSSR count). The predicted octanol–water partition coefficient (Wildman–Crippen LogP) is 4.02. The first-order chi connectivity index (χ1) is 13.7. The molecule has 2 aromatic heterocycles. The minimum atomic E-state index is -0.150. The van der Waals surface area contributed by atoms with Crippen molar-refractivity contribution >= 4 is 34.2 Å². The van der Waals surface area contributed by atoms with Crippen molar-refractivity contribution < 1.29 is 9.21 Å². The molecule has 1 saturated heterocycles. The van der Waals surface area contributed by atoms with Gasteiger partial charge in [0.25, 0.3) is 5.91 Å². The first-order valence-corrected chi connectivity index (χ1v) is 10.5. The van der Waals surface area contributed by atoms with Gasteiger partial charge in [-0.05, 0) is 48.6 Å². The third-order valence-electron chi connectivity index (χ3n) is 4.91. The normalized spacial score (nSPS) is 15.0. The van der Waals surface area contributed by atoms with Crippen LogP contribution in [-0.2, 0) is 6.42 Å². The number of carbonyl (C=O) groups is 1. The average Bonchev–Trinajstić information content (AvgIpc) is 3.41. The van der Waals surface area contributed by atoms with Crippen LogP contribution in [-0.4, -0.2) is 34.9 Å². The molecular formula is C20H21ClN4O2S. The smallest absolute Gasteiger partial charge is 0.286 e. The van der Waals surface area contributed by atoms with Crippen molar-refractivity contribution in [1.29, 1.82) is 0 Å². The second kappa shape index (κ2) is 8.75. The van der Waals surface area contributed by atoms with E-state index >= 15 is 0 Å². The van der Waals surface area contributed by atoms with Crippen LogP contribution >= 0.6 is 23.1 Å². The molecule has 1 fully saturated rings. The maximum Gasteiger partial charge on any atom is 0.286 e. The second-order valence-corrected chi connectivity index (χ2v) is 8.08. The molecule has 0 aliphatic carbocycles. The first kappa shape index (κ1) is 19.0. The molecule has 6 nitrogen and oxygen atoms in total. The summed E-state index contributed by atoms with van der Waals surface area (Å²) >= 11 is 7.39. The largest absolute Gasteiger partial charge is 0.459 e. The van der Waals surface area contributed by atoms with E-state index in [4.69, 9.17) is 21.0 Å². The first-order valence-electron chi connectivity index (χ1n) is 9.31. The molecule has 28 heavy (non-hydrogen) atoms. The highest BCUT2D eigenvalue weighted by Gasteiger charge is 2.22. The number of aromatic nitrogens is 2. The van der Waals surface area contributed by atoms with Crippen molar-refractivity contribution in [1.82, 2.24) is 14.7 Å². The number of nitrogens with zero attached hydrogens (tertiary/aromatic N) is 3. The van der Waals surface area contributed by atoms with E-state index in [-0.39, 0.29) is 5.91 Å². The molecule has 0 radical (unpaired) electrons. The zero-order chi connectivity index (χ0) is 19.3. The molecule has 1 aliphatic rings. The van der Waals surface area contributed by atoms with E-state index in [1.54, 1.807) is 12.1 Å². The molecule has 3 aromatic rings. The summed E-state index contributed by atoms with van der Waals surface area (Å²) in [5.74, 6) is 1.52. The lowest BCUT2D eigenvalue weighted by Gasteiger charge is -2.31. The Kier molecular flexibility index (Phi) is 5.92. The van der Waals surface area contributed by atoms with Gasteiger partial charge in [-0.25, -0.2) is 4.98 Å². The zero-order valence-corrected chi connectivity index (χ0v) is 16.9. The Labute approximate surface area is 172 Å². The van der Waals surface area contributed by atoms with Crippen LogP contribution in [0.15, 0.2) is 47.1 Å². The van der Waals surface area contributed by atoms with Gasteiger partial charge in [0, 0.05) is 42.6 Å². The van der Waals surface area contributed by atoms with Crippen molar-refractivity contribution in [2.24, 2.45) is 5.92 Å². The van der Waals surface area contributed by atoms with Crippen LogP contribution in [0.25, 0.3) is 0 Å². The summed E-state index contributed by atoms with van der Waals surface area (Å²) in [5.41, 5.74) is 1.15. The van der Waals surface area contributed by atoms with E-state index in [0.717, 1.165) is 47.5 Å². The fraction of sp³-hybridized carbons (Fsp3) is 0.350. The standard InChI is InChI=1S/C20H21ClN4O2S/c21-16-5-3-14(4-6-16)12-18-23-20(28-24-18)25-9-7-15(8-10-25)13-22-19(26)17-2-1-11-27-17/h1-6,11,15H,7-10,12-13H2,(H,22,26). The zero-order valence-electron chi connectivity index (χ0n) is 15.3.